The quantitative estimate of drug-likeness (QED) is 0.386. The molecule has 0 radical (unpaired) electrons. The number of hydrogen-bond acceptors (Lipinski definition) is 1. The first-order chi connectivity index (χ1) is 16.4. The SMILES string of the molecule is CC.CC.CC1C2C3C(C)C4(C)C5(C)C6(C)C(C)C7C8CC9(C)C%10(C)C1(C)C21C34C52C76C89C%1012.CN. The molecule has 19 unspecified atom stereocenters. The number of fused-ring (bicyclic) bond motifs is 6. The van der Waals surface area contributed by atoms with E-state index < -0.39 is 0 Å². The summed E-state index contributed by atoms with van der Waals surface area (Å²) in [5.41, 5.74) is 13.6. The molecule has 0 amide bonds. The molecule has 12 rings (SSSR count). The van der Waals surface area contributed by atoms with Crippen molar-refractivity contribution in [3.8, 4) is 0 Å². The zero-order valence-electron chi connectivity index (χ0n) is 25.3. The Balaban J connectivity index is 0.000000291. The number of rotatable bonds is 0. The van der Waals surface area contributed by atoms with Crippen LogP contribution in [0, 0.1) is 106 Å². The first-order valence-corrected chi connectivity index (χ1v) is 16.0. The van der Waals surface area contributed by atoms with E-state index in [1.54, 1.807) is 6.42 Å². The van der Waals surface area contributed by atoms with Gasteiger partial charge in [0.2, 0.25) is 0 Å². The topological polar surface area (TPSA) is 26.0 Å². The lowest BCUT2D eigenvalue weighted by Crippen LogP contribution is -3.43. The molecule has 194 valence electrons. The van der Waals surface area contributed by atoms with Gasteiger partial charge in [-0.2, -0.15) is 0 Å². The summed E-state index contributed by atoms with van der Waals surface area (Å²) in [6.45, 7) is 33.4. The van der Waals surface area contributed by atoms with Crippen molar-refractivity contribution in [3.63, 3.8) is 0 Å². The van der Waals surface area contributed by atoms with Crippen molar-refractivity contribution >= 4 is 0 Å². The summed E-state index contributed by atoms with van der Waals surface area (Å²) in [5.74, 6) is 7.62. The van der Waals surface area contributed by atoms with Crippen LogP contribution in [-0.2, 0) is 0 Å². The second-order valence-electron chi connectivity index (χ2n) is 16.7. The second kappa shape index (κ2) is 4.18. The Labute approximate surface area is 215 Å². The fourth-order valence-electron chi connectivity index (χ4n) is 23.2. The highest BCUT2D eigenvalue weighted by atomic mass is 15.5. The largest absolute Gasteiger partial charge is 0.333 e. The van der Waals surface area contributed by atoms with E-state index in [4.69, 9.17) is 0 Å². The molecule has 12 aliphatic carbocycles. The van der Waals surface area contributed by atoms with Crippen molar-refractivity contribution in [2.45, 2.75) is 96.4 Å². The molecule has 12 fully saturated rings. The standard InChI is InChI=1S/C29H36.2C2H6.CH5N/c1-11-15-14-10-18(4)22(8)19(5)12(2)16-17-13(3)21(7)23(9)20(11,6)25(15)24(14,18)28(22)26(16,19)27(17,21)29(23,25)28;3*1-2/h11-17H,10H2,1-9H3;2*1-2H3;2H2,1H3. The molecule has 0 bridgehead atoms. The fraction of sp³-hybridized carbons (Fsp3) is 1.00. The van der Waals surface area contributed by atoms with Crippen molar-refractivity contribution in [1.29, 1.82) is 0 Å². The maximum Gasteiger partial charge on any atom is -0.00175 e. The van der Waals surface area contributed by atoms with Crippen LogP contribution in [0.25, 0.3) is 0 Å². The lowest BCUT2D eigenvalue weighted by Gasteiger charge is -3.45. The van der Waals surface area contributed by atoms with E-state index in [1.165, 1.54) is 7.05 Å². The first-order valence-electron chi connectivity index (χ1n) is 16.0. The Bertz CT molecular complexity index is 1240. The zero-order valence-corrected chi connectivity index (χ0v) is 25.3. The third-order valence-electron chi connectivity index (χ3n) is 21.1. The van der Waals surface area contributed by atoms with Crippen molar-refractivity contribution in [3.05, 3.63) is 0 Å². The molecule has 0 heterocycles. The van der Waals surface area contributed by atoms with Gasteiger partial charge in [-0.1, -0.05) is 90.0 Å². The molecular weight excluding hydrogens is 422 g/mol. The maximum absolute atomic E-state index is 4.50. The van der Waals surface area contributed by atoms with Crippen molar-refractivity contribution < 1.29 is 0 Å². The number of hydrogen-bond donors (Lipinski definition) is 1. The summed E-state index contributed by atoms with van der Waals surface area (Å²) in [5, 5.41) is 0. The molecule has 35 heavy (non-hydrogen) atoms. The minimum absolute atomic E-state index is 0.670. The maximum atomic E-state index is 4.50. The normalized spacial score (nSPS) is 89.4. The van der Waals surface area contributed by atoms with Crippen LogP contribution in [0.1, 0.15) is 96.4 Å². The molecule has 19 atom stereocenters. The lowest BCUT2D eigenvalue weighted by atomic mass is 8.58. The lowest BCUT2D eigenvalue weighted by molar-refractivity contribution is -0.997. The Hall–Kier alpha value is -0.0400. The molecule has 1 heteroatoms. The molecule has 12 aliphatic rings. The summed E-state index contributed by atoms with van der Waals surface area (Å²) in [6, 6.07) is 0. The predicted octanol–water partition coefficient (Wildman–Crippen LogP) is 7.50. The first kappa shape index (κ1) is 21.8. The van der Waals surface area contributed by atoms with Crippen LogP contribution in [0.3, 0.4) is 0 Å². The van der Waals surface area contributed by atoms with E-state index in [9.17, 15) is 0 Å². The molecule has 1 nitrogen and oxygen atoms in total. The second-order valence-corrected chi connectivity index (χ2v) is 16.7. The molecule has 2 N–H and O–H groups in total. The third kappa shape index (κ3) is 0.717. The third-order valence-corrected chi connectivity index (χ3v) is 21.1. The highest BCUT2D eigenvalue weighted by Gasteiger charge is 3.44. The van der Waals surface area contributed by atoms with Gasteiger partial charge in [-0.3, -0.25) is 0 Å². The van der Waals surface area contributed by atoms with Gasteiger partial charge >= 0.3 is 0 Å². The van der Waals surface area contributed by atoms with Crippen LogP contribution in [0.5, 0.6) is 0 Å². The summed E-state index contributed by atoms with van der Waals surface area (Å²) >= 11 is 0. The van der Waals surface area contributed by atoms with E-state index in [-0.39, 0.29) is 0 Å². The fourth-order valence-corrected chi connectivity index (χ4v) is 23.2. The highest BCUT2D eigenvalue weighted by Crippen LogP contribution is 3.46. The molecule has 0 saturated heterocycles. The minimum Gasteiger partial charge on any atom is -0.333 e. The van der Waals surface area contributed by atoms with Gasteiger partial charge in [0.25, 0.3) is 0 Å². The van der Waals surface area contributed by atoms with Crippen LogP contribution < -0.4 is 5.73 Å². The van der Waals surface area contributed by atoms with Crippen LogP contribution in [0.2, 0.25) is 0 Å². The van der Waals surface area contributed by atoms with Gasteiger partial charge in [0, 0.05) is 0 Å². The molecule has 6 spiro atoms. The molecule has 0 aliphatic heterocycles. The monoisotopic (exact) mass is 475 g/mol. The van der Waals surface area contributed by atoms with Gasteiger partial charge in [0.05, 0.1) is 0 Å². The van der Waals surface area contributed by atoms with Crippen LogP contribution in [0.4, 0.5) is 0 Å². The predicted molar refractivity (Wildman–Crippen MR) is 142 cm³/mol. The van der Waals surface area contributed by atoms with Crippen molar-refractivity contribution in [2.24, 2.45) is 112 Å². The average Bonchev–Trinajstić information content (AvgIpc) is 2.86. The summed E-state index contributed by atoms with van der Waals surface area (Å²) in [6.07, 6.45) is 1.62. The van der Waals surface area contributed by atoms with Crippen molar-refractivity contribution in [1.82, 2.24) is 0 Å². The van der Waals surface area contributed by atoms with Gasteiger partial charge < -0.3 is 5.73 Å². The van der Waals surface area contributed by atoms with Gasteiger partial charge in [0.1, 0.15) is 0 Å². The number of nitrogens with two attached hydrogens (primary N) is 1. The van der Waals surface area contributed by atoms with Crippen LogP contribution in [0.15, 0.2) is 0 Å². The molecule has 0 aromatic rings. The Kier molecular flexibility index (Phi) is 2.61. The minimum atomic E-state index is 0.670. The molecule has 12 saturated carbocycles. The molecule has 0 aromatic heterocycles. The Morgan fingerprint density at radius 1 is 0.514 bits per heavy atom. The molecular formula is C34H53N. The summed E-state index contributed by atoms with van der Waals surface area (Å²) in [7, 11) is 1.50. The van der Waals surface area contributed by atoms with Gasteiger partial charge in [0.15, 0.2) is 0 Å². The summed E-state index contributed by atoms with van der Waals surface area (Å²) < 4.78 is 0. The van der Waals surface area contributed by atoms with Crippen molar-refractivity contribution in [2.75, 3.05) is 7.05 Å². The zero-order chi connectivity index (χ0) is 25.7. The van der Waals surface area contributed by atoms with E-state index in [0.29, 0.717) is 32.5 Å². The highest BCUT2D eigenvalue weighted by molar-refractivity contribution is 5.89. The Morgan fingerprint density at radius 3 is 1.31 bits per heavy atom. The van der Waals surface area contributed by atoms with E-state index in [0.717, 1.165) is 73.9 Å². The molecule has 0 aromatic carbocycles. The van der Waals surface area contributed by atoms with Crippen LogP contribution in [-0.4, -0.2) is 7.05 Å². The van der Waals surface area contributed by atoms with Gasteiger partial charge in [-0.05, 0) is 120 Å². The van der Waals surface area contributed by atoms with E-state index in [1.807, 2.05) is 27.7 Å². The summed E-state index contributed by atoms with van der Waals surface area (Å²) in [4.78, 5) is 0. The van der Waals surface area contributed by atoms with E-state index in [2.05, 4.69) is 68.0 Å². The Morgan fingerprint density at radius 2 is 0.857 bits per heavy atom. The van der Waals surface area contributed by atoms with Gasteiger partial charge in [-0.25, -0.2) is 0 Å². The average molecular weight is 476 g/mol. The smallest absolute Gasteiger partial charge is 0.00175 e. The van der Waals surface area contributed by atoms with Crippen LogP contribution >= 0.6 is 0 Å². The van der Waals surface area contributed by atoms with Gasteiger partial charge in [-0.15, -0.1) is 0 Å². The van der Waals surface area contributed by atoms with E-state index >= 15 is 0 Å².